The molecule has 1 aromatic heterocycles. The second-order valence-corrected chi connectivity index (χ2v) is 17.9. The fourth-order valence-electron chi connectivity index (χ4n) is 11.1. The lowest BCUT2D eigenvalue weighted by atomic mass is 9.70. The maximum Gasteiger partial charge on any atom is 0.0726 e. The Balaban J connectivity index is 1.11. The topological polar surface area (TPSA) is 3.24 Å². The molecule has 1 nitrogen and oxygen atoms in total. The predicted molar refractivity (Wildman–Crippen MR) is 260 cm³/mol. The van der Waals surface area contributed by atoms with Crippen molar-refractivity contribution in [3.8, 4) is 33.4 Å². The van der Waals surface area contributed by atoms with Gasteiger partial charge in [0, 0.05) is 26.7 Å². The van der Waals surface area contributed by atoms with E-state index in [1.807, 2.05) is 11.3 Å². The summed E-state index contributed by atoms with van der Waals surface area (Å²) in [5.74, 6) is 0. The standard InChI is InChI=1S/C59H39NS/c1-36-28-33-46-45-19-7-9-23-49(45)59(52(46)34-36)50-24-10-8-20-47(50)56-51(59)25-13-26-53(56)60(41-31-29-39(30-32-41)43-21-11-16-38-14-3-5-17-42(38)43)54-27-12-22-48-55-44-18-6-4-15-40(44)35-37(2)57(55)61-58(48)54/h3-35H,1-2H3. The van der Waals surface area contributed by atoms with Crippen molar-refractivity contribution in [1.29, 1.82) is 0 Å². The first-order valence-corrected chi connectivity index (χ1v) is 22.1. The van der Waals surface area contributed by atoms with Crippen molar-refractivity contribution in [2.75, 3.05) is 4.90 Å². The van der Waals surface area contributed by atoms with Crippen LogP contribution in [0, 0.1) is 13.8 Å². The third-order valence-electron chi connectivity index (χ3n) is 13.6. The largest absolute Gasteiger partial charge is 0.308 e. The molecule has 1 spiro atoms. The number of hydrogen-bond donors (Lipinski definition) is 0. The highest BCUT2D eigenvalue weighted by atomic mass is 32.1. The van der Waals surface area contributed by atoms with Gasteiger partial charge in [-0.3, -0.25) is 0 Å². The maximum absolute atomic E-state index is 2.56. The first kappa shape index (κ1) is 34.6. The first-order chi connectivity index (χ1) is 30.1. The van der Waals surface area contributed by atoms with Gasteiger partial charge >= 0.3 is 0 Å². The highest BCUT2D eigenvalue weighted by Gasteiger charge is 2.52. The lowest BCUT2D eigenvalue weighted by Crippen LogP contribution is -2.26. The van der Waals surface area contributed by atoms with Gasteiger partial charge in [-0.2, -0.15) is 0 Å². The van der Waals surface area contributed by atoms with Gasteiger partial charge in [0.2, 0.25) is 0 Å². The van der Waals surface area contributed by atoms with Crippen LogP contribution in [-0.4, -0.2) is 0 Å². The molecule has 2 aliphatic carbocycles. The highest BCUT2D eigenvalue weighted by Crippen LogP contribution is 2.65. The Morgan fingerprint density at radius 3 is 1.87 bits per heavy atom. The summed E-state index contributed by atoms with van der Waals surface area (Å²) in [7, 11) is 0. The maximum atomic E-state index is 2.56. The van der Waals surface area contributed by atoms with E-state index in [9.17, 15) is 0 Å². The molecule has 0 N–H and O–H groups in total. The monoisotopic (exact) mass is 793 g/mol. The average molecular weight is 794 g/mol. The van der Waals surface area contributed by atoms with Gasteiger partial charge in [0.1, 0.15) is 0 Å². The smallest absolute Gasteiger partial charge is 0.0726 e. The van der Waals surface area contributed by atoms with Gasteiger partial charge in [-0.25, -0.2) is 0 Å². The number of thiophene rings is 1. The summed E-state index contributed by atoms with van der Waals surface area (Å²) < 4.78 is 2.64. The number of nitrogens with zero attached hydrogens (tertiary/aromatic N) is 1. The normalized spacial score (nSPS) is 14.8. The summed E-state index contributed by atoms with van der Waals surface area (Å²) >= 11 is 1.93. The minimum absolute atomic E-state index is 0.441. The molecule has 1 unspecified atom stereocenters. The third-order valence-corrected chi connectivity index (χ3v) is 15.0. The summed E-state index contributed by atoms with van der Waals surface area (Å²) in [6.07, 6.45) is 0. The molecule has 11 aromatic rings. The molecule has 0 fully saturated rings. The molecule has 13 rings (SSSR count). The van der Waals surface area contributed by atoms with Crippen LogP contribution in [0.2, 0.25) is 0 Å². The fourth-order valence-corrected chi connectivity index (χ4v) is 12.4. The van der Waals surface area contributed by atoms with Crippen LogP contribution < -0.4 is 4.90 Å². The van der Waals surface area contributed by atoms with Gasteiger partial charge in [0.15, 0.2) is 0 Å². The lowest BCUT2D eigenvalue weighted by Gasteiger charge is -2.32. The van der Waals surface area contributed by atoms with E-state index in [4.69, 9.17) is 0 Å². The SMILES string of the molecule is Cc1ccc2c(c1)C1(c3ccccc3-2)c2ccccc2-c2c(N(c3ccc(-c4cccc5ccccc45)cc3)c3cccc4c3sc3c(C)cc5ccccc5c34)cccc21. The zero-order valence-electron chi connectivity index (χ0n) is 33.9. The number of anilines is 3. The molecule has 0 aliphatic heterocycles. The van der Waals surface area contributed by atoms with Crippen LogP contribution in [0.3, 0.4) is 0 Å². The zero-order valence-corrected chi connectivity index (χ0v) is 34.7. The molecule has 0 radical (unpaired) electrons. The number of rotatable bonds is 4. The van der Waals surface area contributed by atoms with Crippen LogP contribution in [0.1, 0.15) is 33.4 Å². The molecule has 10 aromatic carbocycles. The Kier molecular flexibility index (Phi) is 7.30. The molecular formula is C59H39NS. The number of hydrogen-bond acceptors (Lipinski definition) is 2. The number of fused-ring (bicyclic) bond motifs is 16. The van der Waals surface area contributed by atoms with Crippen molar-refractivity contribution in [2.24, 2.45) is 0 Å². The highest BCUT2D eigenvalue weighted by molar-refractivity contribution is 7.26. The van der Waals surface area contributed by atoms with Gasteiger partial charge in [0.05, 0.1) is 21.5 Å². The molecular weight excluding hydrogens is 755 g/mol. The van der Waals surface area contributed by atoms with Crippen LogP contribution in [0.4, 0.5) is 17.1 Å². The minimum atomic E-state index is -0.441. The van der Waals surface area contributed by atoms with Gasteiger partial charge in [-0.05, 0) is 121 Å². The van der Waals surface area contributed by atoms with Crippen LogP contribution in [0.25, 0.3) is 75.1 Å². The first-order valence-electron chi connectivity index (χ1n) is 21.3. The van der Waals surface area contributed by atoms with Gasteiger partial charge in [-0.15, -0.1) is 11.3 Å². The van der Waals surface area contributed by atoms with Crippen LogP contribution in [-0.2, 0) is 5.41 Å². The lowest BCUT2D eigenvalue weighted by molar-refractivity contribution is 0.792. The van der Waals surface area contributed by atoms with Crippen LogP contribution >= 0.6 is 11.3 Å². The van der Waals surface area contributed by atoms with Crippen molar-refractivity contribution >= 4 is 70.1 Å². The van der Waals surface area contributed by atoms with Crippen LogP contribution in [0.15, 0.2) is 200 Å². The van der Waals surface area contributed by atoms with E-state index >= 15 is 0 Å². The van der Waals surface area contributed by atoms with E-state index in [1.54, 1.807) is 0 Å². The third kappa shape index (κ3) is 4.71. The number of aryl methyl sites for hydroxylation is 2. The second kappa shape index (κ2) is 12.9. The van der Waals surface area contributed by atoms with E-state index in [1.165, 1.54) is 120 Å². The van der Waals surface area contributed by atoms with E-state index in [0.29, 0.717) is 0 Å². The molecule has 0 amide bonds. The summed E-state index contributed by atoms with van der Waals surface area (Å²) in [6, 6.07) is 75.3. The molecule has 2 aliphatic rings. The molecule has 2 heteroatoms. The Morgan fingerprint density at radius 1 is 0.410 bits per heavy atom. The Hall–Kier alpha value is -7.26. The molecule has 286 valence electrons. The summed E-state index contributed by atoms with van der Waals surface area (Å²) in [6.45, 7) is 4.50. The molecule has 0 bridgehead atoms. The van der Waals surface area contributed by atoms with Gasteiger partial charge < -0.3 is 4.90 Å². The van der Waals surface area contributed by atoms with Crippen molar-refractivity contribution in [1.82, 2.24) is 0 Å². The summed E-state index contributed by atoms with van der Waals surface area (Å²) in [5, 5.41) is 7.76. The number of benzene rings is 10. The van der Waals surface area contributed by atoms with Gasteiger partial charge in [-0.1, -0.05) is 175 Å². The quantitative estimate of drug-likeness (QED) is 0.172. The zero-order chi connectivity index (χ0) is 40.4. The molecule has 1 heterocycles. The predicted octanol–water partition coefficient (Wildman–Crippen LogP) is 16.5. The Bertz CT molecular complexity index is 3620. The van der Waals surface area contributed by atoms with E-state index in [2.05, 4.69) is 219 Å². The van der Waals surface area contributed by atoms with E-state index in [0.717, 1.165) is 5.69 Å². The van der Waals surface area contributed by atoms with E-state index in [-0.39, 0.29) is 0 Å². The molecule has 1 atom stereocenters. The van der Waals surface area contributed by atoms with Crippen molar-refractivity contribution < 1.29 is 0 Å². The van der Waals surface area contributed by atoms with E-state index < -0.39 is 5.41 Å². The van der Waals surface area contributed by atoms with Crippen molar-refractivity contribution in [3.05, 3.63) is 234 Å². The summed E-state index contributed by atoms with van der Waals surface area (Å²) in [4.78, 5) is 2.56. The Labute approximate surface area is 359 Å². The minimum Gasteiger partial charge on any atom is -0.308 e. The second-order valence-electron chi connectivity index (χ2n) is 16.9. The average Bonchev–Trinajstić information content (AvgIpc) is 3.95. The van der Waals surface area contributed by atoms with Crippen molar-refractivity contribution in [2.45, 2.75) is 19.3 Å². The van der Waals surface area contributed by atoms with Gasteiger partial charge in [0.25, 0.3) is 0 Å². The van der Waals surface area contributed by atoms with Crippen molar-refractivity contribution in [3.63, 3.8) is 0 Å². The molecule has 0 saturated heterocycles. The fraction of sp³-hybridized carbons (Fsp3) is 0.0508. The molecule has 61 heavy (non-hydrogen) atoms. The Morgan fingerprint density at radius 2 is 1.02 bits per heavy atom. The summed E-state index contributed by atoms with van der Waals surface area (Å²) in [5.41, 5.74) is 18.8. The molecule has 0 saturated carbocycles. The van der Waals surface area contributed by atoms with Crippen LogP contribution in [0.5, 0.6) is 0 Å².